The maximum absolute atomic E-state index is 11.0. The summed E-state index contributed by atoms with van der Waals surface area (Å²) in [5.74, 6) is 1.04. The number of quaternary nitrogens is 1. The summed E-state index contributed by atoms with van der Waals surface area (Å²) in [7, 11) is 0. The third kappa shape index (κ3) is 4.81. The molecule has 3 aromatic rings. The average Bonchev–Trinajstić information content (AvgIpc) is 3.25. The van der Waals surface area contributed by atoms with E-state index in [2.05, 4.69) is 33.5 Å². The molecule has 1 aromatic carbocycles. The first kappa shape index (κ1) is 21.2. The van der Waals surface area contributed by atoms with Crippen LogP contribution in [0.25, 0.3) is 10.4 Å². The number of hydrogen-bond acceptors (Lipinski definition) is 8. The zero-order valence-corrected chi connectivity index (χ0v) is 18.7. The number of thiol groups is 1. The highest BCUT2D eigenvalue weighted by atomic mass is 32.1. The van der Waals surface area contributed by atoms with E-state index in [1.54, 1.807) is 29.8 Å². The molecule has 1 aliphatic rings. The van der Waals surface area contributed by atoms with Gasteiger partial charge in [0, 0.05) is 42.8 Å². The smallest absolute Gasteiger partial charge is 0.227 e. The molecule has 1 fully saturated rings. The van der Waals surface area contributed by atoms with Gasteiger partial charge in [0.05, 0.1) is 15.4 Å². The Labute approximate surface area is 186 Å². The summed E-state index contributed by atoms with van der Waals surface area (Å²) in [5.41, 5.74) is 5.26. The van der Waals surface area contributed by atoms with Gasteiger partial charge in [-0.15, -0.1) is 16.8 Å². The Kier molecular flexibility index (Phi) is 6.64. The number of benzene rings is 1. The van der Waals surface area contributed by atoms with Crippen molar-refractivity contribution in [2.45, 2.75) is 44.9 Å². The molecule has 1 aliphatic carbocycles. The number of hydrogen-bond donors (Lipinski definition) is 4. The Morgan fingerprint density at radius 2 is 1.93 bits per heavy atom. The summed E-state index contributed by atoms with van der Waals surface area (Å²) < 4.78 is -0.729. The van der Waals surface area contributed by atoms with E-state index in [9.17, 15) is 5.21 Å². The maximum atomic E-state index is 11.0. The molecule has 2 heterocycles. The minimum absolute atomic E-state index is 0.493. The molecule has 158 valence electrons. The van der Waals surface area contributed by atoms with Crippen LogP contribution in [0.1, 0.15) is 50.0 Å². The van der Waals surface area contributed by atoms with Crippen LogP contribution in [-0.4, -0.2) is 26.7 Å². The van der Waals surface area contributed by atoms with Crippen LogP contribution >= 0.6 is 24.2 Å². The van der Waals surface area contributed by atoms with Crippen molar-refractivity contribution in [2.24, 2.45) is 0 Å². The quantitative estimate of drug-likeness (QED) is 0.221. The largest absolute Gasteiger partial charge is 0.324 e. The van der Waals surface area contributed by atoms with Gasteiger partial charge in [-0.2, -0.15) is 5.21 Å². The lowest BCUT2D eigenvalue weighted by atomic mass is 9.90. The third-order valence-corrected chi connectivity index (χ3v) is 6.83. The van der Waals surface area contributed by atoms with Crippen molar-refractivity contribution in [3.8, 4) is 10.4 Å². The first-order valence-corrected chi connectivity index (χ1v) is 11.5. The molecule has 0 amide bonds. The first-order valence-electron chi connectivity index (χ1n) is 10.3. The van der Waals surface area contributed by atoms with Crippen molar-refractivity contribution >= 4 is 41.5 Å². The second-order valence-electron chi connectivity index (χ2n) is 7.44. The van der Waals surface area contributed by atoms with Crippen LogP contribution in [0.4, 0.5) is 17.3 Å². The van der Waals surface area contributed by atoms with Gasteiger partial charge in [-0.05, 0) is 42.1 Å². The molecule has 0 radical (unpaired) electrons. The fourth-order valence-electron chi connectivity index (χ4n) is 3.82. The first-order chi connectivity index (χ1) is 14.6. The van der Waals surface area contributed by atoms with Crippen molar-refractivity contribution in [3.63, 3.8) is 0 Å². The molecule has 1 saturated carbocycles. The predicted octanol–water partition coefficient (Wildman–Crippen LogP) is 5.46. The number of nitrogens with zero attached hydrogens (tertiary/aromatic N) is 4. The van der Waals surface area contributed by atoms with Crippen LogP contribution in [0, 0.1) is 0 Å². The predicted molar refractivity (Wildman–Crippen MR) is 125 cm³/mol. The minimum atomic E-state index is -0.729. The van der Waals surface area contributed by atoms with Crippen LogP contribution in [0.2, 0.25) is 0 Å². The van der Waals surface area contributed by atoms with E-state index in [-0.39, 0.29) is 0 Å². The molecule has 1 atom stereocenters. The van der Waals surface area contributed by atoms with Gasteiger partial charge >= 0.3 is 0 Å². The van der Waals surface area contributed by atoms with Crippen molar-refractivity contribution in [2.75, 3.05) is 11.9 Å². The van der Waals surface area contributed by atoms with Crippen LogP contribution in [0.5, 0.6) is 0 Å². The zero-order valence-electron chi connectivity index (χ0n) is 17.0. The van der Waals surface area contributed by atoms with Gasteiger partial charge in [0.2, 0.25) is 11.6 Å². The molecule has 1 unspecified atom stereocenters. The molecule has 0 aliphatic heterocycles. The number of aromatic nitrogens is 3. The molecule has 3 N–H and O–H groups in total. The van der Waals surface area contributed by atoms with Gasteiger partial charge in [-0.3, -0.25) is 0 Å². The minimum Gasteiger partial charge on any atom is -0.324 e. The summed E-state index contributed by atoms with van der Waals surface area (Å²) in [6.45, 7) is 2.47. The highest BCUT2D eigenvalue weighted by Gasteiger charge is 2.31. The third-order valence-electron chi connectivity index (χ3n) is 5.28. The topological polar surface area (TPSA) is 83.0 Å². The lowest BCUT2D eigenvalue weighted by Gasteiger charge is -2.24. The standard InChI is InChI=1S/C21H27N6OS2/c1-2-25-27(28,29)18-13-16(26-21-22-11-6-12-23-21)9-10-17(18)19-14-24-20(30-19)15-7-4-3-5-8-15/h6,9-15,25,28-29H,2-5,7-8H2,1H3,(H,22,23,26)/q+1. The molecule has 0 bridgehead atoms. The highest BCUT2D eigenvalue weighted by Crippen LogP contribution is 2.42. The number of anilines is 2. The van der Waals surface area contributed by atoms with Crippen LogP contribution < -0.4 is 14.9 Å². The molecule has 30 heavy (non-hydrogen) atoms. The normalized spacial score (nSPS) is 16.9. The summed E-state index contributed by atoms with van der Waals surface area (Å²) in [4.78, 5) is 14.2. The van der Waals surface area contributed by atoms with E-state index in [0.717, 1.165) is 16.1 Å². The monoisotopic (exact) mass is 443 g/mol. The van der Waals surface area contributed by atoms with Gasteiger partial charge in [-0.25, -0.2) is 15.0 Å². The average molecular weight is 444 g/mol. The van der Waals surface area contributed by atoms with E-state index in [1.807, 2.05) is 31.3 Å². The van der Waals surface area contributed by atoms with E-state index in [1.165, 1.54) is 37.1 Å². The van der Waals surface area contributed by atoms with E-state index in [0.29, 0.717) is 24.1 Å². The SMILES string of the molecule is CCN[N+](O)(S)c1cc(Nc2ncccn2)ccc1-c1cnc(C2CCCCC2)s1. The second-order valence-corrected chi connectivity index (χ2v) is 9.08. The number of nitrogens with one attached hydrogen (secondary N) is 2. The number of rotatable bonds is 7. The lowest BCUT2D eigenvalue weighted by molar-refractivity contribution is -0.0185. The summed E-state index contributed by atoms with van der Waals surface area (Å²) in [5, 5.41) is 15.4. The fraction of sp³-hybridized carbons (Fsp3) is 0.381. The van der Waals surface area contributed by atoms with Crippen LogP contribution in [0.3, 0.4) is 0 Å². The van der Waals surface area contributed by atoms with Gasteiger partial charge in [0.1, 0.15) is 12.8 Å². The van der Waals surface area contributed by atoms with Gasteiger partial charge in [-0.1, -0.05) is 19.3 Å². The van der Waals surface area contributed by atoms with Crippen molar-refractivity contribution < 1.29 is 5.21 Å². The molecular formula is C21H27N6OS2+. The Hall–Kier alpha value is -2.04. The van der Waals surface area contributed by atoms with Crippen molar-refractivity contribution in [1.82, 2.24) is 24.5 Å². The van der Waals surface area contributed by atoms with E-state index < -0.39 is 4.16 Å². The molecule has 2 aromatic heterocycles. The summed E-state index contributed by atoms with van der Waals surface area (Å²) >= 11 is 6.18. The Morgan fingerprint density at radius 1 is 1.17 bits per heavy atom. The van der Waals surface area contributed by atoms with E-state index in [4.69, 9.17) is 4.98 Å². The lowest BCUT2D eigenvalue weighted by Crippen LogP contribution is -2.48. The zero-order chi connectivity index (χ0) is 21.0. The van der Waals surface area contributed by atoms with Crippen LogP contribution in [-0.2, 0) is 0 Å². The van der Waals surface area contributed by atoms with Crippen molar-refractivity contribution in [1.29, 1.82) is 0 Å². The van der Waals surface area contributed by atoms with Gasteiger partial charge in [0.25, 0.3) is 0 Å². The molecule has 0 saturated heterocycles. The Balaban J connectivity index is 1.69. The fourth-order valence-corrected chi connectivity index (χ4v) is 5.25. The van der Waals surface area contributed by atoms with Crippen LogP contribution in [0.15, 0.2) is 42.9 Å². The molecule has 7 nitrogen and oxygen atoms in total. The second kappa shape index (κ2) is 9.40. The Bertz CT molecular complexity index is 973. The summed E-state index contributed by atoms with van der Waals surface area (Å²) in [6, 6.07) is 7.56. The molecular weight excluding hydrogens is 416 g/mol. The molecule has 9 heteroatoms. The molecule has 4 rings (SSSR count). The highest BCUT2D eigenvalue weighted by molar-refractivity contribution is 7.79. The molecule has 0 spiro atoms. The van der Waals surface area contributed by atoms with Crippen molar-refractivity contribution in [3.05, 3.63) is 47.9 Å². The Morgan fingerprint density at radius 3 is 2.67 bits per heavy atom. The van der Waals surface area contributed by atoms with Gasteiger partial charge in [0.15, 0.2) is 0 Å². The van der Waals surface area contributed by atoms with Gasteiger partial charge < -0.3 is 5.32 Å². The summed E-state index contributed by atoms with van der Waals surface area (Å²) in [6.07, 6.45) is 11.6. The van der Waals surface area contributed by atoms with E-state index >= 15 is 0 Å². The maximum Gasteiger partial charge on any atom is 0.227 e. The number of thiazole rings is 1.